The molecule has 0 saturated carbocycles. The van der Waals surface area contributed by atoms with Gasteiger partial charge in [0.05, 0.1) is 15.5 Å². The lowest BCUT2D eigenvalue weighted by Crippen LogP contribution is -2.06. The van der Waals surface area contributed by atoms with E-state index >= 15 is 0 Å². The second-order valence-electron chi connectivity index (χ2n) is 4.13. The molecule has 0 spiro atoms. The molecule has 0 saturated heterocycles. The van der Waals surface area contributed by atoms with E-state index in [0.29, 0.717) is 0 Å². The van der Waals surface area contributed by atoms with E-state index in [2.05, 4.69) is 15.9 Å². The number of rotatable bonds is 2. The van der Waals surface area contributed by atoms with Gasteiger partial charge in [-0.25, -0.2) is 30.4 Å². The molecule has 11 heteroatoms. The summed E-state index contributed by atoms with van der Waals surface area (Å²) < 4.78 is 100. The summed E-state index contributed by atoms with van der Waals surface area (Å²) in [6.45, 7) is 0. The Morgan fingerprint density at radius 1 is 0.870 bits per heavy atom. The van der Waals surface area contributed by atoms with Crippen LogP contribution in [0.5, 0.6) is 0 Å². The molecule has 0 aromatic heterocycles. The van der Waals surface area contributed by atoms with Gasteiger partial charge in [-0.15, -0.1) is 0 Å². The Bertz CT molecular complexity index is 904. The van der Waals surface area contributed by atoms with Crippen LogP contribution >= 0.6 is 27.5 Å². The molecule has 0 bridgehead atoms. The first-order valence-electron chi connectivity index (χ1n) is 5.44. The molecular weight excluding hydrogens is 435 g/mol. The van der Waals surface area contributed by atoms with E-state index in [9.17, 15) is 34.9 Å². The third-order valence-electron chi connectivity index (χ3n) is 2.78. The van der Waals surface area contributed by atoms with Crippen LogP contribution in [0.3, 0.4) is 0 Å². The van der Waals surface area contributed by atoms with Gasteiger partial charge < -0.3 is 4.55 Å². The van der Waals surface area contributed by atoms with E-state index in [-0.39, 0.29) is 4.47 Å². The van der Waals surface area contributed by atoms with Crippen LogP contribution in [-0.4, -0.2) is 13.0 Å². The molecule has 124 valence electrons. The average molecular weight is 437 g/mol. The van der Waals surface area contributed by atoms with Crippen molar-refractivity contribution < 1.29 is 34.9 Å². The molecule has 2 aromatic rings. The zero-order valence-corrected chi connectivity index (χ0v) is 13.6. The first-order valence-corrected chi connectivity index (χ1v) is 8.02. The number of benzene rings is 2. The van der Waals surface area contributed by atoms with Crippen molar-refractivity contribution in [2.24, 2.45) is 0 Å². The summed E-state index contributed by atoms with van der Waals surface area (Å²) in [5, 5.41) is -0.974. The Morgan fingerprint density at radius 3 is 1.74 bits per heavy atom. The van der Waals surface area contributed by atoms with Gasteiger partial charge in [0.15, 0.2) is 23.3 Å². The molecule has 0 amide bonds. The summed E-state index contributed by atoms with van der Waals surface area (Å²) in [5.41, 5.74) is -2.31. The molecule has 0 aliphatic carbocycles. The normalized spacial score (nSPS) is 11.8. The third-order valence-corrected chi connectivity index (χ3v) is 4.83. The summed E-state index contributed by atoms with van der Waals surface area (Å²) in [5.74, 6) is -11.3. The standard InChI is InChI=1S/C12H3BrClF5O3S/c13-3-1-2-4(23(20,21)22)7(14)5(3)6-8(15)10(17)12(19)11(18)9(6)16/h1-2H,(H,20,21,22)/p-1. The van der Waals surface area contributed by atoms with Gasteiger partial charge in [0, 0.05) is 10.0 Å². The van der Waals surface area contributed by atoms with Crippen LogP contribution in [0, 0.1) is 29.1 Å². The molecule has 2 rings (SSSR count). The molecule has 0 N–H and O–H groups in total. The lowest BCUT2D eigenvalue weighted by atomic mass is 10.0. The van der Waals surface area contributed by atoms with Crippen molar-refractivity contribution in [3.05, 3.63) is 50.7 Å². The van der Waals surface area contributed by atoms with Crippen molar-refractivity contribution in [1.82, 2.24) is 0 Å². The number of hydrogen-bond donors (Lipinski definition) is 0. The van der Waals surface area contributed by atoms with Gasteiger partial charge in [-0.05, 0) is 12.1 Å². The van der Waals surface area contributed by atoms with E-state index < -0.39 is 60.2 Å². The lowest BCUT2D eigenvalue weighted by molar-refractivity contribution is 0.381. The Balaban J connectivity index is 3.00. The van der Waals surface area contributed by atoms with Crippen molar-refractivity contribution in [2.75, 3.05) is 0 Å². The van der Waals surface area contributed by atoms with Crippen LogP contribution in [0.15, 0.2) is 21.5 Å². The molecule has 0 aliphatic rings. The van der Waals surface area contributed by atoms with Gasteiger partial charge in [-0.1, -0.05) is 27.5 Å². The van der Waals surface area contributed by atoms with E-state index in [1.54, 1.807) is 0 Å². The maximum absolute atomic E-state index is 13.8. The minimum Gasteiger partial charge on any atom is -0.744 e. The number of halogens is 7. The molecule has 0 fully saturated rings. The van der Waals surface area contributed by atoms with Gasteiger partial charge in [-0.2, -0.15) is 0 Å². The van der Waals surface area contributed by atoms with Crippen LogP contribution in [0.4, 0.5) is 22.0 Å². The van der Waals surface area contributed by atoms with Crippen molar-refractivity contribution in [2.45, 2.75) is 4.90 Å². The quantitative estimate of drug-likeness (QED) is 0.304. The summed E-state index contributed by atoms with van der Waals surface area (Å²) in [6.07, 6.45) is 0. The first-order chi connectivity index (χ1) is 10.5. The van der Waals surface area contributed by atoms with Crippen molar-refractivity contribution >= 4 is 37.6 Å². The molecule has 0 atom stereocenters. The zero-order chi connectivity index (χ0) is 17.7. The van der Waals surface area contributed by atoms with Gasteiger partial charge >= 0.3 is 0 Å². The van der Waals surface area contributed by atoms with Crippen LogP contribution in [0.2, 0.25) is 5.02 Å². The maximum atomic E-state index is 13.8. The molecule has 0 aliphatic heterocycles. The summed E-state index contributed by atoms with van der Waals surface area (Å²) in [6, 6.07) is 1.61. The van der Waals surface area contributed by atoms with E-state index in [4.69, 9.17) is 11.6 Å². The first kappa shape index (κ1) is 18.1. The third kappa shape index (κ3) is 2.95. The second-order valence-corrected chi connectivity index (χ2v) is 6.71. The molecule has 23 heavy (non-hydrogen) atoms. The molecule has 0 heterocycles. The Morgan fingerprint density at radius 2 is 1.30 bits per heavy atom. The topological polar surface area (TPSA) is 57.2 Å². The highest BCUT2D eigenvalue weighted by Crippen LogP contribution is 2.42. The van der Waals surface area contributed by atoms with E-state index in [1.165, 1.54) is 0 Å². The number of hydrogen-bond acceptors (Lipinski definition) is 3. The van der Waals surface area contributed by atoms with E-state index in [1.807, 2.05) is 0 Å². The average Bonchev–Trinajstić information content (AvgIpc) is 2.45. The predicted molar refractivity (Wildman–Crippen MR) is 72.3 cm³/mol. The SMILES string of the molecule is O=S(=O)([O-])c1ccc(Br)c(-c2c(F)c(F)c(F)c(F)c2F)c1Cl. The minimum absolute atomic E-state index is 0.280. The monoisotopic (exact) mass is 435 g/mol. The Kier molecular flexibility index (Phi) is 4.73. The van der Waals surface area contributed by atoms with Crippen LogP contribution in [0.1, 0.15) is 0 Å². The minimum atomic E-state index is -5.14. The lowest BCUT2D eigenvalue weighted by Gasteiger charge is -2.16. The molecule has 3 nitrogen and oxygen atoms in total. The van der Waals surface area contributed by atoms with Crippen molar-refractivity contribution in [1.29, 1.82) is 0 Å². The van der Waals surface area contributed by atoms with Gasteiger partial charge in [0.2, 0.25) is 5.82 Å². The van der Waals surface area contributed by atoms with Gasteiger partial charge in [0.1, 0.15) is 10.1 Å². The highest BCUT2D eigenvalue weighted by molar-refractivity contribution is 9.10. The van der Waals surface area contributed by atoms with Crippen LogP contribution in [-0.2, 0) is 10.1 Å². The summed E-state index contributed by atoms with van der Waals surface area (Å²) >= 11 is 8.41. The Labute approximate surface area is 139 Å². The fourth-order valence-electron chi connectivity index (χ4n) is 1.78. The highest BCUT2D eigenvalue weighted by Gasteiger charge is 2.30. The Hall–Kier alpha value is -1.23. The molecular formula is C12H2BrClF5O3S-. The second kappa shape index (κ2) is 6.00. The van der Waals surface area contributed by atoms with E-state index in [0.717, 1.165) is 12.1 Å². The predicted octanol–water partition coefficient (Wildman–Crippen LogP) is 4.37. The smallest absolute Gasteiger partial charge is 0.200 e. The summed E-state index contributed by atoms with van der Waals surface area (Å²) in [7, 11) is -5.14. The molecule has 0 unspecified atom stereocenters. The van der Waals surface area contributed by atoms with Gasteiger partial charge in [-0.3, -0.25) is 0 Å². The fourth-order valence-corrected chi connectivity index (χ4v) is 3.52. The summed E-state index contributed by atoms with van der Waals surface area (Å²) in [4.78, 5) is -1.07. The zero-order valence-electron chi connectivity index (χ0n) is 10.4. The molecule has 2 aromatic carbocycles. The molecule has 0 radical (unpaired) electrons. The van der Waals surface area contributed by atoms with Crippen molar-refractivity contribution in [3.63, 3.8) is 0 Å². The fraction of sp³-hybridized carbons (Fsp3) is 0. The van der Waals surface area contributed by atoms with Crippen molar-refractivity contribution in [3.8, 4) is 11.1 Å². The highest BCUT2D eigenvalue weighted by atomic mass is 79.9. The van der Waals surface area contributed by atoms with Crippen LogP contribution in [0.25, 0.3) is 11.1 Å². The van der Waals surface area contributed by atoms with Crippen LogP contribution < -0.4 is 0 Å². The largest absolute Gasteiger partial charge is 0.744 e. The van der Waals surface area contributed by atoms with Gasteiger partial charge in [0.25, 0.3) is 0 Å². The maximum Gasteiger partial charge on any atom is 0.200 e.